The monoisotopic (exact) mass is 472 g/mol. The van der Waals surface area contributed by atoms with Gasteiger partial charge in [-0.3, -0.25) is 4.79 Å². The lowest BCUT2D eigenvalue weighted by molar-refractivity contribution is -0.140. The van der Waals surface area contributed by atoms with Gasteiger partial charge in [-0.25, -0.2) is 4.98 Å². The third-order valence-electron chi connectivity index (χ3n) is 5.48. The zero-order chi connectivity index (χ0) is 23.8. The van der Waals surface area contributed by atoms with Crippen LogP contribution in [-0.2, 0) is 29.1 Å². The van der Waals surface area contributed by atoms with E-state index in [1.165, 1.54) is 17.6 Å². The molecular weight excluding hydrogens is 444 g/mol. The Kier molecular flexibility index (Phi) is 7.94. The average molecular weight is 473 g/mol. The highest BCUT2D eigenvalue weighted by molar-refractivity contribution is 7.16. The Morgan fingerprint density at radius 1 is 0.912 bits per heavy atom. The van der Waals surface area contributed by atoms with Gasteiger partial charge in [0.05, 0.1) is 12.8 Å². The van der Waals surface area contributed by atoms with Gasteiger partial charge in [0, 0.05) is 23.4 Å². The third kappa shape index (κ3) is 6.45. The van der Waals surface area contributed by atoms with Crippen LogP contribution in [0.4, 0.5) is 5.13 Å². The van der Waals surface area contributed by atoms with Gasteiger partial charge in [0.2, 0.25) is 0 Å². The summed E-state index contributed by atoms with van der Waals surface area (Å²) in [6, 6.07) is 26.5. The first-order valence-electron chi connectivity index (χ1n) is 11.2. The van der Waals surface area contributed by atoms with Crippen molar-refractivity contribution in [1.82, 2.24) is 4.98 Å². The average Bonchev–Trinajstić information content (AvgIpc) is 3.27. The number of aryl methyl sites for hydroxylation is 2. The second-order valence-corrected chi connectivity index (χ2v) is 9.17. The molecule has 1 N–H and O–H groups in total. The number of hydrogen-bond acceptors (Lipinski definition) is 6. The van der Waals surface area contributed by atoms with Crippen molar-refractivity contribution in [3.8, 4) is 17.0 Å². The first-order valence-corrected chi connectivity index (χ1v) is 12.1. The molecule has 0 bridgehead atoms. The molecule has 0 aliphatic heterocycles. The fourth-order valence-electron chi connectivity index (χ4n) is 3.53. The Bertz CT molecular complexity index is 1200. The molecule has 0 aliphatic rings. The Balaban J connectivity index is 1.26. The van der Waals surface area contributed by atoms with E-state index in [1.807, 2.05) is 42.5 Å². The van der Waals surface area contributed by atoms with Crippen LogP contribution in [0.2, 0.25) is 0 Å². The van der Waals surface area contributed by atoms with Crippen molar-refractivity contribution in [1.29, 1.82) is 0 Å². The van der Waals surface area contributed by atoms with E-state index in [1.54, 1.807) is 11.3 Å². The van der Waals surface area contributed by atoms with E-state index in [4.69, 9.17) is 9.72 Å². The number of esters is 1. The van der Waals surface area contributed by atoms with Crippen molar-refractivity contribution < 1.29 is 14.3 Å². The topological polar surface area (TPSA) is 60.5 Å². The number of carbonyl (C=O) groups is 1. The standard InChI is InChI=1S/C28H28N2O3S/c1-20-27(24-6-4-3-5-7-24)30-28(34-20)29-18-22-8-10-23(11-9-22)19-33-25-15-12-21(13-16-25)14-17-26(31)32-2/h3-13,15-16H,14,17-19H2,1-2H3,(H,29,30). The summed E-state index contributed by atoms with van der Waals surface area (Å²) in [5.74, 6) is 0.610. The zero-order valence-corrected chi connectivity index (χ0v) is 20.2. The molecule has 0 aliphatic carbocycles. The quantitative estimate of drug-likeness (QED) is 0.270. The summed E-state index contributed by atoms with van der Waals surface area (Å²) < 4.78 is 10.6. The van der Waals surface area contributed by atoms with Gasteiger partial charge in [-0.2, -0.15) is 0 Å². The molecule has 3 aromatic carbocycles. The molecule has 5 nitrogen and oxygen atoms in total. The van der Waals surface area contributed by atoms with E-state index in [0.29, 0.717) is 19.4 Å². The summed E-state index contributed by atoms with van der Waals surface area (Å²) in [4.78, 5) is 17.2. The van der Waals surface area contributed by atoms with Gasteiger partial charge in [0.25, 0.3) is 0 Å². The Labute approximate surface area is 204 Å². The Morgan fingerprint density at radius 3 is 2.29 bits per heavy atom. The lowest BCUT2D eigenvalue weighted by Gasteiger charge is -2.09. The molecule has 0 unspecified atom stereocenters. The lowest BCUT2D eigenvalue weighted by Crippen LogP contribution is -2.02. The van der Waals surface area contributed by atoms with Gasteiger partial charge < -0.3 is 14.8 Å². The van der Waals surface area contributed by atoms with Crippen molar-refractivity contribution >= 4 is 22.4 Å². The molecule has 0 spiro atoms. The van der Waals surface area contributed by atoms with Gasteiger partial charge in [-0.1, -0.05) is 66.7 Å². The van der Waals surface area contributed by atoms with E-state index in [0.717, 1.165) is 39.8 Å². The molecule has 0 saturated heterocycles. The summed E-state index contributed by atoms with van der Waals surface area (Å²) in [6.07, 6.45) is 1.05. The fourth-order valence-corrected chi connectivity index (χ4v) is 4.37. The molecule has 0 fully saturated rings. The number of carbonyl (C=O) groups excluding carboxylic acids is 1. The molecule has 0 saturated carbocycles. The number of ether oxygens (including phenoxy) is 2. The van der Waals surface area contributed by atoms with Crippen LogP contribution in [-0.4, -0.2) is 18.1 Å². The minimum atomic E-state index is -0.197. The summed E-state index contributed by atoms with van der Waals surface area (Å²) in [5, 5.41) is 4.37. The fraction of sp³-hybridized carbons (Fsp3) is 0.214. The number of benzene rings is 3. The Morgan fingerprint density at radius 2 is 1.59 bits per heavy atom. The number of hydrogen-bond donors (Lipinski definition) is 1. The molecular formula is C28H28N2O3S. The van der Waals surface area contributed by atoms with E-state index in [9.17, 15) is 4.79 Å². The van der Waals surface area contributed by atoms with Gasteiger partial charge in [-0.05, 0) is 42.2 Å². The molecule has 34 heavy (non-hydrogen) atoms. The molecule has 174 valence electrons. The third-order valence-corrected chi connectivity index (χ3v) is 6.41. The number of nitrogens with one attached hydrogen (secondary N) is 1. The molecule has 6 heteroatoms. The largest absolute Gasteiger partial charge is 0.489 e. The number of thiazole rings is 1. The maximum atomic E-state index is 11.3. The van der Waals surface area contributed by atoms with Crippen LogP contribution in [0, 0.1) is 6.92 Å². The molecule has 1 aromatic heterocycles. The van der Waals surface area contributed by atoms with E-state index >= 15 is 0 Å². The van der Waals surface area contributed by atoms with Crippen LogP contribution in [0.1, 0.15) is 28.0 Å². The summed E-state index contributed by atoms with van der Waals surface area (Å²) in [7, 11) is 1.41. The minimum absolute atomic E-state index is 0.197. The molecule has 1 heterocycles. The number of aromatic nitrogens is 1. The first kappa shape index (κ1) is 23.5. The van der Waals surface area contributed by atoms with Crippen molar-refractivity contribution in [3.05, 3.63) is 100 Å². The van der Waals surface area contributed by atoms with Crippen LogP contribution in [0.5, 0.6) is 5.75 Å². The number of nitrogens with zero attached hydrogens (tertiary/aromatic N) is 1. The van der Waals surface area contributed by atoms with E-state index < -0.39 is 0 Å². The maximum absolute atomic E-state index is 11.3. The van der Waals surface area contributed by atoms with Gasteiger partial charge in [-0.15, -0.1) is 11.3 Å². The van der Waals surface area contributed by atoms with E-state index in [-0.39, 0.29) is 5.97 Å². The van der Waals surface area contributed by atoms with Gasteiger partial charge in [0.15, 0.2) is 5.13 Å². The number of anilines is 1. The Hall–Kier alpha value is -3.64. The van der Waals surface area contributed by atoms with Crippen molar-refractivity contribution in [3.63, 3.8) is 0 Å². The molecule has 0 amide bonds. The van der Waals surface area contributed by atoms with E-state index in [2.05, 4.69) is 53.4 Å². The van der Waals surface area contributed by atoms with Crippen LogP contribution < -0.4 is 10.1 Å². The molecule has 0 radical (unpaired) electrons. The maximum Gasteiger partial charge on any atom is 0.305 e. The van der Waals surface area contributed by atoms with Crippen LogP contribution in [0.3, 0.4) is 0 Å². The van der Waals surface area contributed by atoms with Crippen LogP contribution >= 0.6 is 11.3 Å². The second-order valence-electron chi connectivity index (χ2n) is 7.97. The lowest BCUT2D eigenvalue weighted by atomic mass is 10.1. The van der Waals surface area contributed by atoms with Crippen molar-refractivity contribution in [2.75, 3.05) is 12.4 Å². The normalized spacial score (nSPS) is 10.6. The second kappa shape index (κ2) is 11.5. The molecule has 0 atom stereocenters. The molecule has 4 aromatic rings. The highest BCUT2D eigenvalue weighted by Gasteiger charge is 2.09. The van der Waals surface area contributed by atoms with Crippen LogP contribution in [0.25, 0.3) is 11.3 Å². The zero-order valence-electron chi connectivity index (χ0n) is 19.4. The predicted molar refractivity (Wildman–Crippen MR) is 137 cm³/mol. The SMILES string of the molecule is COC(=O)CCc1ccc(OCc2ccc(CNc3nc(-c4ccccc4)c(C)s3)cc2)cc1. The van der Waals surface area contributed by atoms with Crippen LogP contribution in [0.15, 0.2) is 78.9 Å². The summed E-state index contributed by atoms with van der Waals surface area (Å²) in [6.45, 7) is 3.33. The highest BCUT2D eigenvalue weighted by atomic mass is 32.1. The summed E-state index contributed by atoms with van der Waals surface area (Å²) in [5.41, 5.74) is 5.56. The number of methoxy groups -OCH3 is 1. The molecule has 4 rings (SSSR count). The van der Waals surface area contributed by atoms with Gasteiger partial charge in [0.1, 0.15) is 12.4 Å². The first-order chi connectivity index (χ1) is 16.6. The van der Waals surface area contributed by atoms with Crippen molar-refractivity contribution in [2.45, 2.75) is 32.9 Å². The number of rotatable bonds is 10. The van der Waals surface area contributed by atoms with Gasteiger partial charge >= 0.3 is 5.97 Å². The highest BCUT2D eigenvalue weighted by Crippen LogP contribution is 2.30. The smallest absolute Gasteiger partial charge is 0.305 e. The summed E-state index contributed by atoms with van der Waals surface area (Å²) >= 11 is 1.68. The van der Waals surface area contributed by atoms with Crippen molar-refractivity contribution in [2.24, 2.45) is 0 Å². The predicted octanol–water partition coefficient (Wildman–Crippen LogP) is 6.42. The minimum Gasteiger partial charge on any atom is -0.489 e.